The van der Waals surface area contributed by atoms with E-state index in [2.05, 4.69) is 43.2 Å². The van der Waals surface area contributed by atoms with Crippen molar-refractivity contribution in [1.82, 2.24) is 15.5 Å². The molecule has 0 amide bonds. The maximum Gasteiger partial charge on any atom is 0.228 e. The van der Waals surface area contributed by atoms with Crippen molar-refractivity contribution in [2.75, 3.05) is 6.54 Å². The molecule has 0 saturated heterocycles. The molecule has 4 heteroatoms. The molecule has 2 atom stereocenters. The maximum atomic E-state index is 5.38. The largest absolute Gasteiger partial charge is 0.339 e. The Morgan fingerprint density at radius 2 is 2.17 bits per heavy atom. The molecule has 1 saturated carbocycles. The fraction of sp³-hybridized carbons (Fsp3) is 0.857. The first kappa shape index (κ1) is 13.5. The van der Waals surface area contributed by atoms with Crippen molar-refractivity contribution in [3.8, 4) is 0 Å². The molecule has 102 valence electrons. The summed E-state index contributed by atoms with van der Waals surface area (Å²) in [6.45, 7) is 9.84. The van der Waals surface area contributed by atoms with Gasteiger partial charge in [-0.25, -0.2) is 0 Å². The summed E-state index contributed by atoms with van der Waals surface area (Å²) >= 11 is 0. The molecular formula is C14H25N3O. The van der Waals surface area contributed by atoms with Gasteiger partial charge in [-0.05, 0) is 24.8 Å². The molecule has 0 aromatic carbocycles. The molecule has 0 aliphatic heterocycles. The topological polar surface area (TPSA) is 51.0 Å². The number of nitrogens with one attached hydrogen (secondary N) is 1. The Morgan fingerprint density at radius 3 is 2.72 bits per heavy atom. The maximum absolute atomic E-state index is 5.38. The second kappa shape index (κ2) is 5.39. The number of aromatic nitrogens is 2. The molecule has 1 aromatic heterocycles. The van der Waals surface area contributed by atoms with E-state index in [9.17, 15) is 0 Å². The average molecular weight is 251 g/mol. The Labute approximate surface area is 110 Å². The van der Waals surface area contributed by atoms with Crippen molar-refractivity contribution < 1.29 is 4.52 Å². The summed E-state index contributed by atoms with van der Waals surface area (Å²) in [6.07, 6.45) is 4.36. The van der Waals surface area contributed by atoms with Crippen LogP contribution in [0.5, 0.6) is 0 Å². The average Bonchev–Trinajstić information content (AvgIpc) is 2.74. The van der Waals surface area contributed by atoms with Gasteiger partial charge in [-0.2, -0.15) is 4.98 Å². The normalized spacial score (nSPS) is 23.0. The van der Waals surface area contributed by atoms with Crippen LogP contribution in [0.4, 0.5) is 0 Å². The third-order valence-corrected chi connectivity index (χ3v) is 3.86. The van der Waals surface area contributed by atoms with Crippen LogP contribution in [-0.4, -0.2) is 22.7 Å². The first-order chi connectivity index (χ1) is 8.56. The van der Waals surface area contributed by atoms with Gasteiger partial charge in [-0.3, -0.25) is 0 Å². The predicted molar refractivity (Wildman–Crippen MR) is 71.5 cm³/mol. The molecular weight excluding hydrogens is 226 g/mol. The predicted octanol–water partition coefficient (Wildman–Crippen LogP) is 2.90. The van der Waals surface area contributed by atoms with Crippen LogP contribution in [0, 0.1) is 5.41 Å². The Balaban J connectivity index is 1.93. The lowest BCUT2D eigenvalue weighted by molar-refractivity contribution is 0.347. The number of hydrogen-bond acceptors (Lipinski definition) is 4. The van der Waals surface area contributed by atoms with E-state index in [1.807, 2.05) is 0 Å². The van der Waals surface area contributed by atoms with Crippen molar-refractivity contribution in [2.45, 2.75) is 65.3 Å². The van der Waals surface area contributed by atoms with Crippen molar-refractivity contribution in [1.29, 1.82) is 0 Å². The highest BCUT2D eigenvalue weighted by Gasteiger charge is 2.49. The molecule has 2 rings (SSSR count). The quantitative estimate of drug-likeness (QED) is 0.809. The zero-order valence-corrected chi connectivity index (χ0v) is 12.0. The molecule has 1 aromatic rings. The van der Waals surface area contributed by atoms with Crippen LogP contribution < -0.4 is 5.32 Å². The molecule has 1 heterocycles. The van der Waals surface area contributed by atoms with Crippen molar-refractivity contribution >= 4 is 0 Å². The van der Waals surface area contributed by atoms with Gasteiger partial charge in [0.15, 0.2) is 5.82 Å². The van der Waals surface area contributed by atoms with E-state index in [1.165, 1.54) is 12.8 Å². The van der Waals surface area contributed by atoms with Crippen LogP contribution in [0.25, 0.3) is 0 Å². The number of nitrogens with zero attached hydrogens (tertiary/aromatic N) is 2. The smallest absolute Gasteiger partial charge is 0.228 e. The van der Waals surface area contributed by atoms with Crippen molar-refractivity contribution in [2.24, 2.45) is 5.41 Å². The van der Waals surface area contributed by atoms with Gasteiger partial charge in [0.1, 0.15) is 0 Å². The third-order valence-electron chi connectivity index (χ3n) is 3.86. The molecule has 0 radical (unpaired) electrons. The Kier molecular flexibility index (Phi) is 4.05. The fourth-order valence-electron chi connectivity index (χ4n) is 2.52. The summed E-state index contributed by atoms with van der Waals surface area (Å²) in [4.78, 5) is 4.55. The lowest BCUT2D eigenvalue weighted by atomic mass is 10.1. The van der Waals surface area contributed by atoms with E-state index in [1.54, 1.807) is 0 Å². The monoisotopic (exact) mass is 251 g/mol. The summed E-state index contributed by atoms with van der Waals surface area (Å²) in [6, 6.07) is 0.459. The van der Waals surface area contributed by atoms with Crippen LogP contribution in [0.2, 0.25) is 0 Å². The SMILES string of the molecule is CCCC(Cc1nc(C2CC2(C)C)no1)NCC. The first-order valence-electron chi connectivity index (χ1n) is 7.12. The Hall–Kier alpha value is -0.900. The van der Waals surface area contributed by atoms with Gasteiger partial charge >= 0.3 is 0 Å². The lowest BCUT2D eigenvalue weighted by Crippen LogP contribution is -2.30. The summed E-state index contributed by atoms with van der Waals surface area (Å²) in [7, 11) is 0. The van der Waals surface area contributed by atoms with Crippen LogP contribution in [0.1, 0.15) is 64.6 Å². The number of rotatable bonds is 7. The Bertz CT molecular complexity index is 380. The van der Waals surface area contributed by atoms with Gasteiger partial charge in [-0.15, -0.1) is 0 Å². The molecule has 1 fully saturated rings. The highest BCUT2D eigenvalue weighted by atomic mass is 16.5. The molecule has 0 bridgehead atoms. The van der Waals surface area contributed by atoms with Gasteiger partial charge in [0.25, 0.3) is 0 Å². The second-order valence-electron chi connectivity index (χ2n) is 6.04. The van der Waals surface area contributed by atoms with Crippen molar-refractivity contribution in [3.63, 3.8) is 0 Å². The first-order valence-corrected chi connectivity index (χ1v) is 7.12. The minimum atomic E-state index is 0.367. The van der Waals surface area contributed by atoms with Crippen LogP contribution >= 0.6 is 0 Å². The Morgan fingerprint density at radius 1 is 1.44 bits per heavy atom. The van der Waals surface area contributed by atoms with Crippen LogP contribution in [0.15, 0.2) is 4.52 Å². The standard InChI is InChI=1S/C14H25N3O/c1-5-7-10(15-6-2)8-12-16-13(17-18-12)11-9-14(11,3)4/h10-11,15H,5-9H2,1-4H3. The molecule has 1 aliphatic carbocycles. The minimum absolute atomic E-state index is 0.367. The van der Waals surface area contributed by atoms with E-state index >= 15 is 0 Å². The van der Waals surface area contributed by atoms with Gasteiger partial charge in [0.05, 0.1) is 0 Å². The minimum Gasteiger partial charge on any atom is -0.339 e. The third kappa shape index (κ3) is 3.10. The van der Waals surface area contributed by atoms with Gasteiger partial charge in [0, 0.05) is 18.4 Å². The molecule has 1 N–H and O–H groups in total. The van der Waals surface area contributed by atoms with Gasteiger partial charge < -0.3 is 9.84 Å². The van der Waals surface area contributed by atoms with Crippen LogP contribution in [-0.2, 0) is 6.42 Å². The van der Waals surface area contributed by atoms with Gasteiger partial charge in [0.2, 0.25) is 5.89 Å². The summed E-state index contributed by atoms with van der Waals surface area (Å²) in [5.41, 5.74) is 0.367. The highest BCUT2D eigenvalue weighted by Crippen LogP contribution is 2.57. The molecule has 0 spiro atoms. The zero-order chi connectivity index (χ0) is 13.2. The van der Waals surface area contributed by atoms with E-state index in [0.29, 0.717) is 17.4 Å². The fourth-order valence-corrected chi connectivity index (χ4v) is 2.52. The molecule has 1 aliphatic rings. The zero-order valence-electron chi connectivity index (χ0n) is 12.0. The van der Waals surface area contributed by atoms with E-state index in [0.717, 1.165) is 31.1 Å². The highest BCUT2D eigenvalue weighted by molar-refractivity contribution is 5.14. The summed E-state index contributed by atoms with van der Waals surface area (Å²) in [5.74, 6) is 2.19. The molecule has 18 heavy (non-hydrogen) atoms. The van der Waals surface area contributed by atoms with E-state index in [4.69, 9.17) is 4.52 Å². The summed E-state index contributed by atoms with van der Waals surface area (Å²) < 4.78 is 5.38. The number of hydrogen-bond donors (Lipinski definition) is 1. The van der Waals surface area contributed by atoms with Crippen molar-refractivity contribution in [3.05, 3.63) is 11.7 Å². The summed E-state index contributed by atoms with van der Waals surface area (Å²) in [5, 5.41) is 7.61. The molecule has 2 unspecified atom stereocenters. The molecule has 4 nitrogen and oxygen atoms in total. The van der Waals surface area contributed by atoms with Crippen LogP contribution in [0.3, 0.4) is 0 Å². The number of likely N-dealkylation sites (N-methyl/N-ethyl adjacent to an activating group) is 1. The van der Waals surface area contributed by atoms with E-state index in [-0.39, 0.29) is 0 Å². The lowest BCUT2D eigenvalue weighted by Gasteiger charge is -2.14. The van der Waals surface area contributed by atoms with E-state index < -0.39 is 0 Å². The van der Waals surface area contributed by atoms with Gasteiger partial charge in [-0.1, -0.05) is 39.3 Å². The second-order valence-corrected chi connectivity index (χ2v) is 6.04.